The zero-order valence-corrected chi connectivity index (χ0v) is 29.5. The Balaban J connectivity index is 1.13. The van der Waals surface area contributed by atoms with Crippen molar-refractivity contribution >= 4 is 66.5 Å². The van der Waals surface area contributed by atoms with Crippen LogP contribution in [0.1, 0.15) is 0 Å². The largest absolute Gasteiger partial charge is 0.455 e. The minimum atomic E-state index is 0.566. The van der Waals surface area contributed by atoms with Gasteiger partial charge in [0.1, 0.15) is 16.8 Å². The van der Waals surface area contributed by atoms with Gasteiger partial charge in [-0.1, -0.05) is 121 Å². The number of furan rings is 1. The molecule has 5 heterocycles. The van der Waals surface area contributed by atoms with Crippen LogP contribution in [0.15, 0.2) is 178 Å². The quantitative estimate of drug-likeness (QED) is 0.182. The first-order valence-electron chi connectivity index (χ1n) is 18.0. The minimum Gasteiger partial charge on any atom is -0.455 e. The molecule has 252 valence electrons. The van der Waals surface area contributed by atoms with Gasteiger partial charge in [0.05, 0.1) is 22.3 Å². The Hall–Kier alpha value is -6.96. The van der Waals surface area contributed by atoms with Crippen LogP contribution in [0.5, 0.6) is 0 Å². The van der Waals surface area contributed by atoms with Crippen molar-refractivity contribution in [2.45, 2.75) is 9.79 Å². The summed E-state index contributed by atoms with van der Waals surface area (Å²) in [7, 11) is 0. The second-order valence-electron chi connectivity index (χ2n) is 13.6. The molecule has 11 aromatic rings. The van der Waals surface area contributed by atoms with E-state index >= 15 is 0 Å². The van der Waals surface area contributed by atoms with E-state index in [0.717, 1.165) is 55.7 Å². The van der Waals surface area contributed by atoms with Crippen molar-refractivity contribution < 1.29 is 4.42 Å². The van der Waals surface area contributed by atoms with E-state index in [4.69, 9.17) is 19.4 Å². The van der Waals surface area contributed by atoms with Gasteiger partial charge in [-0.25, -0.2) is 15.0 Å². The lowest BCUT2D eigenvalue weighted by Gasteiger charge is -2.22. The lowest BCUT2D eigenvalue weighted by Crippen LogP contribution is -2.06. The molecule has 0 fully saturated rings. The molecular formula is C47H27N5OS. The highest BCUT2D eigenvalue weighted by atomic mass is 32.2. The maximum absolute atomic E-state index is 6.46. The fourth-order valence-electron chi connectivity index (χ4n) is 8.22. The van der Waals surface area contributed by atoms with Gasteiger partial charge in [-0.15, -0.1) is 0 Å². The van der Waals surface area contributed by atoms with Crippen LogP contribution in [0.25, 0.3) is 100 Å². The van der Waals surface area contributed by atoms with Gasteiger partial charge in [-0.3, -0.25) is 9.13 Å². The fraction of sp³-hybridized carbons (Fsp3) is 0. The van der Waals surface area contributed by atoms with Crippen LogP contribution in [0, 0.1) is 0 Å². The number of nitrogens with zero attached hydrogens (tertiary/aromatic N) is 5. The first-order chi connectivity index (χ1) is 26.8. The van der Waals surface area contributed by atoms with E-state index in [2.05, 4.69) is 112 Å². The van der Waals surface area contributed by atoms with E-state index in [9.17, 15) is 0 Å². The molecule has 4 aromatic heterocycles. The molecule has 1 aliphatic rings. The van der Waals surface area contributed by atoms with Crippen LogP contribution in [0.3, 0.4) is 0 Å². The summed E-state index contributed by atoms with van der Waals surface area (Å²) in [6, 6.07) is 57.1. The molecule has 0 unspecified atom stereocenters. The summed E-state index contributed by atoms with van der Waals surface area (Å²) in [5, 5.41) is 5.82. The van der Waals surface area contributed by atoms with Gasteiger partial charge in [0.25, 0.3) is 0 Å². The van der Waals surface area contributed by atoms with Gasteiger partial charge >= 0.3 is 0 Å². The second kappa shape index (κ2) is 11.3. The molecule has 0 N–H and O–H groups in total. The summed E-state index contributed by atoms with van der Waals surface area (Å²) >= 11 is 1.81. The summed E-state index contributed by atoms with van der Waals surface area (Å²) < 4.78 is 11.3. The molecule has 1 aliphatic heterocycles. The smallest absolute Gasteiger partial charge is 0.167 e. The Morgan fingerprint density at radius 2 is 1.17 bits per heavy atom. The topological polar surface area (TPSA) is 61.7 Å². The summed E-state index contributed by atoms with van der Waals surface area (Å²) in [6.07, 6.45) is 0. The van der Waals surface area contributed by atoms with Crippen molar-refractivity contribution in [3.63, 3.8) is 0 Å². The molecule has 0 amide bonds. The number of hydrogen-bond donors (Lipinski definition) is 0. The Kier molecular flexibility index (Phi) is 6.18. The predicted molar refractivity (Wildman–Crippen MR) is 219 cm³/mol. The monoisotopic (exact) mass is 709 g/mol. The molecule has 7 heteroatoms. The Labute approximate surface area is 313 Å². The molecule has 12 rings (SSSR count). The third-order valence-electron chi connectivity index (χ3n) is 10.6. The van der Waals surface area contributed by atoms with Gasteiger partial charge in [0.2, 0.25) is 0 Å². The molecule has 0 radical (unpaired) electrons. The van der Waals surface area contributed by atoms with E-state index in [1.807, 2.05) is 72.4 Å². The standard InChI is InChI=1S/C47H27N5OS/c1-3-13-28(14-4-1)44-48-45(50-46(49-44)35-21-11-19-32-31-17-8-10-23-38(31)53-43(32)35)29-25-26-39-37(27-29)52-42-34(20-12-24-40(42)54-39)41-33-18-7-9-22-36(33)51(47(41)52)30-15-5-2-6-16-30/h1-27H. The van der Waals surface area contributed by atoms with Crippen LogP contribution < -0.4 is 0 Å². The van der Waals surface area contributed by atoms with Crippen LogP contribution >= 0.6 is 11.8 Å². The normalized spacial score (nSPS) is 12.4. The average Bonchev–Trinajstić information content (AvgIpc) is 3.90. The zero-order valence-electron chi connectivity index (χ0n) is 28.6. The first-order valence-corrected chi connectivity index (χ1v) is 18.8. The summed E-state index contributed by atoms with van der Waals surface area (Å²) in [4.78, 5) is 17.8. The highest BCUT2D eigenvalue weighted by molar-refractivity contribution is 7.99. The lowest BCUT2D eigenvalue weighted by atomic mass is 10.1. The average molecular weight is 710 g/mol. The van der Waals surface area contributed by atoms with Gasteiger partial charge in [-0.05, 0) is 54.6 Å². The third kappa shape index (κ3) is 4.21. The van der Waals surface area contributed by atoms with E-state index in [-0.39, 0.29) is 0 Å². The van der Waals surface area contributed by atoms with Crippen molar-refractivity contribution in [3.05, 3.63) is 164 Å². The zero-order chi connectivity index (χ0) is 35.3. The number of fused-ring (bicyclic) bond motifs is 10. The molecule has 0 atom stereocenters. The van der Waals surface area contributed by atoms with Crippen molar-refractivity contribution in [3.8, 4) is 45.5 Å². The van der Waals surface area contributed by atoms with Crippen LogP contribution in [-0.2, 0) is 0 Å². The summed E-state index contributed by atoms with van der Waals surface area (Å²) in [5.74, 6) is 1.77. The number of rotatable bonds is 4. The predicted octanol–water partition coefficient (Wildman–Crippen LogP) is 12.3. The lowest BCUT2D eigenvalue weighted by molar-refractivity contribution is 0.669. The van der Waals surface area contributed by atoms with Crippen molar-refractivity contribution in [1.82, 2.24) is 24.1 Å². The molecule has 0 spiro atoms. The van der Waals surface area contributed by atoms with Gasteiger partial charge in [0.15, 0.2) is 17.5 Å². The third-order valence-corrected chi connectivity index (χ3v) is 11.7. The first kappa shape index (κ1) is 29.6. The number of aromatic nitrogens is 5. The van der Waals surface area contributed by atoms with E-state index in [1.54, 1.807) is 0 Å². The molecule has 0 aliphatic carbocycles. The van der Waals surface area contributed by atoms with E-state index in [1.165, 1.54) is 37.0 Å². The molecule has 7 aromatic carbocycles. The van der Waals surface area contributed by atoms with Gasteiger partial charge in [-0.2, -0.15) is 0 Å². The SMILES string of the molecule is c1ccc(-c2nc(-c3ccc4c(c3)-n3c5c(cccc5c5c6ccccc6n(-c6ccccc6)c53)S4)nc(-c3cccc4c3oc3ccccc34)n2)cc1. The summed E-state index contributed by atoms with van der Waals surface area (Å²) in [6.45, 7) is 0. The highest BCUT2D eigenvalue weighted by Crippen LogP contribution is 2.50. The fourth-order valence-corrected chi connectivity index (χ4v) is 9.29. The minimum absolute atomic E-state index is 0.566. The highest BCUT2D eigenvalue weighted by Gasteiger charge is 2.28. The van der Waals surface area contributed by atoms with Crippen LogP contribution in [-0.4, -0.2) is 24.1 Å². The van der Waals surface area contributed by atoms with Crippen molar-refractivity contribution in [2.75, 3.05) is 0 Å². The second-order valence-corrected chi connectivity index (χ2v) is 14.7. The van der Waals surface area contributed by atoms with Gasteiger partial charge < -0.3 is 4.42 Å². The number of benzene rings is 7. The number of hydrogen-bond acceptors (Lipinski definition) is 5. The van der Waals surface area contributed by atoms with Crippen LogP contribution in [0.2, 0.25) is 0 Å². The van der Waals surface area contributed by atoms with Crippen LogP contribution in [0.4, 0.5) is 0 Å². The number of para-hydroxylation sites is 5. The Morgan fingerprint density at radius 1 is 0.481 bits per heavy atom. The maximum atomic E-state index is 6.46. The molecular weight excluding hydrogens is 683 g/mol. The molecule has 0 bridgehead atoms. The molecule has 6 nitrogen and oxygen atoms in total. The maximum Gasteiger partial charge on any atom is 0.167 e. The summed E-state index contributed by atoms with van der Waals surface area (Å²) in [5.41, 5.74) is 10.00. The molecule has 0 saturated heterocycles. The van der Waals surface area contributed by atoms with Gasteiger partial charge in [0, 0.05) is 53.5 Å². The van der Waals surface area contributed by atoms with Crippen molar-refractivity contribution in [2.24, 2.45) is 0 Å². The van der Waals surface area contributed by atoms with E-state index in [0.29, 0.717) is 17.5 Å². The Bertz CT molecular complexity index is 3310. The van der Waals surface area contributed by atoms with Crippen molar-refractivity contribution in [1.29, 1.82) is 0 Å². The van der Waals surface area contributed by atoms with E-state index < -0.39 is 0 Å². The molecule has 0 saturated carbocycles. The Morgan fingerprint density at radius 3 is 2.04 bits per heavy atom. The molecule has 54 heavy (non-hydrogen) atoms.